The Morgan fingerprint density at radius 3 is 2.58 bits per heavy atom. The van der Waals surface area contributed by atoms with E-state index in [4.69, 9.17) is 0 Å². The Morgan fingerprint density at radius 2 is 1.82 bits per heavy atom. The summed E-state index contributed by atoms with van der Waals surface area (Å²) in [6, 6.07) is 14.3. The second-order valence-corrected chi connectivity index (χ2v) is 7.79. The molecule has 6 nitrogen and oxygen atoms in total. The van der Waals surface area contributed by atoms with E-state index in [0.29, 0.717) is 16.9 Å². The van der Waals surface area contributed by atoms with Crippen LogP contribution in [0, 0.1) is 11.6 Å². The summed E-state index contributed by atoms with van der Waals surface area (Å²) in [5.74, 6) is -1.37. The van der Waals surface area contributed by atoms with Gasteiger partial charge in [0.05, 0.1) is 17.2 Å². The standard InChI is InChI=1S/C25H19F2N5O/c1-15(33)30-20-7-17(22-10-19(26)4-5-23(22)27)8-21(11-20)32-14-28-24-9-16(3-6-25(24)32)18-12-29-31(2)13-18/h3-14H,1-2H3,(H,30,33). The normalized spacial score (nSPS) is 11.2. The predicted octanol–water partition coefficient (Wildman–Crippen LogP) is 5.33. The van der Waals surface area contributed by atoms with Crippen molar-refractivity contribution in [1.29, 1.82) is 0 Å². The van der Waals surface area contributed by atoms with Crippen molar-refractivity contribution in [3.63, 3.8) is 0 Å². The third kappa shape index (κ3) is 3.98. The van der Waals surface area contributed by atoms with Crippen molar-refractivity contribution in [2.75, 3.05) is 5.32 Å². The molecule has 0 fully saturated rings. The number of aryl methyl sites for hydroxylation is 1. The van der Waals surface area contributed by atoms with E-state index in [1.807, 2.05) is 36.0 Å². The number of fused-ring (bicyclic) bond motifs is 1. The summed E-state index contributed by atoms with van der Waals surface area (Å²) in [5.41, 5.74) is 5.20. The number of carbonyl (C=O) groups excluding carboxylic acids is 1. The molecule has 0 spiro atoms. The number of halogens is 2. The summed E-state index contributed by atoms with van der Waals surface area (Å²) in [4.78, 5) is 16.2. The fourth-order valence-electron chi connectivity index (χ4n) is 3.87. The van der Waals surface area contributed by atoms with Crippen LogP contribution in [0.2, 0.25) is 0 Å². The lowest BCUT2D eigenvalue weighted by molar-refractivity contribution is -0.114. The maximum absolute atomic E-state index is 14.5. The van der Waals surface area contributed by atoms with Gasteiger partial charge in [-0.15, -0.1) is 0 Å². The second kappa shape index (κ2) is 7.98. The van der Waals surface area contributed by atoms with Gasteiger partial charge in [0.25, 0.3) is 0 Å². The zero-order valence-corrected chi connectivity index (χ0v) is 17.9. The van der Waals surface area contributed by atoms with Gasteiger partial charge in [-0.25, -0.2) is 13.8 Å². The molecule has 0 aliphatic heterocycles. The molecule has 0 unspecified atom stereocenters. The number of aromatic nitrogens is 4. The molecule has 164 valence electrons. The minimum Gasteiger partial charge on any atom is -0.326 e. The van der Waals surface area contributed by atoms with Crippen molar-refractivity contribution in [3.8, 4) is 27.9 Å². The average molecular weight is 443 g/mol. The van der Waals surface area contributed by atoms with Crippen LogP contribution < -0.4 is 5.32 Å². The van der Waals surface area contributed by atoms with Crippen molar-refractivity contribution in [2.24, 2.45) is 7.05 Å². The number of hydrogen-bond acceptors (Lipinski definition) is 3. The highest BCUT2D eigenvalue weighted by atomic mass is 19.1. The Hall–Kier alpha value is -4.33. The number of nitrogens with zero attached hydrogens (tertiary/aromatic N) is 4. The Kier molecular flexibility index (Phi) is 4.97. The Labute approximate surface area is 188 Å². The molecule has 1 amide bonds. The van der Waals surface area contributed by atoms with Crippen LogP contribution in [-0.2, 0) is 11.8 Å². The van der Waals surface area contributed by atoms with Crippen LogP contribution in [0.25, 0.3) is 39.0 Å². The van der Waals surface area contributed by atoms with Crippen LogP contribution >= 0.6 is 0 Å². The van der Waals surface area contributed by atoms with Crippen LogP contribution in [0.5, 0.6) is 0 Å². The maximum Gasteiger partial charge on any atom is 0.221 e. The van der Waals surface area contributed by atoms with Crippen LogP contribution in [0.4, 0.5) is 14.5 Å². The molecule has 2 aromatic heterocycles. The summed E-state index contributed by atoms with van der Waals surface area (Å²) < 4.78 is 31.9. The first kappa shape index (κ1) is 20.6. The molecule has 0 saturated carbocycles. The van der Waals surface area contributed by atoms with Gasteiger partial charge in [0, 0.05) is 42.7 Å². The molecule has 0 aliphatic carbocycles. The first-order chi connectivity index (χ1) is 15.9. The van der Waals surface area contributed by atoms with Crippen LogP contribution in [0.1, 0.15) is 6.92 Å². The molecule has 0 saturated heterocycles. The van der Waals surface area contributed by atoms with Crippen molar-refractivity contribution >= 4 is 22.6 Å². The minimum absolute atomic E-state index is 0.103. The molecule has 0 bridgehead atoms. The topological polar surface area (TPSA) is 64.7 Å². The van der Waals surface area contributed by atoms with Gasteiger partial charge in [0.15, 0.2) is 0 Å². The smallest absolute Gasteiger partial charge is 0.221 e. The Morgan fingerprint density at radius 1 is 0.970 bits per heavy atom. The van der Waals surface area contributed by atoms with E-state index in [-0.39, 0.29) is 11.5 Å². The number of amides is 1. The fourth-order valence-corrected chi connectivity index (χ4v) is 3.87. The highest BCUT2D eigenvalue weighted by Gasteiger charge is 2.13. The van der Waals surface area contributed by atoms with Gasteiger partial charge in [-0.2, -0.15) is 5.10 Å². The van der Waals surface area contributed by atoms with Gasteiger partial charge in [0.1, 0.15) is 18.0 Å². The van der Waals surface area contributed by atoms with Crippen molar-refractivity contribution in [2.45, 2.75) is 6.92 Å². The lowest BCUT2D eigenvalue weighted by Gasteiger charge is -2.13. The van der Waals surface area contributed by atoms with Crippen LogP contribution in [-0.4, -0.2) is 25.2 Å². The fraction of sp³-hybridized carbons (Fsp3) is 0.0800. The van der Waals surface area contributed by atoms with Gasteiger partial charge in [0.2, 0.25) is 5.91 Å². The Balaban J connectivity index is 1.65. The molecular weight excluding hydrogens is 424 g/mol. The highest BCUT2D eigenvalue weighted by Crippen LogP contribution is 2.31. The molecule has 0 atom stereocenters. The summed E-state index contributed by atoms with van der Waals surface area (Å²) in [6.45, 7) is 1.39. The number of carbonyl (C=O) groups is 1. The SMILES string of the molecule is CC(=O)Nc1cc(-c2cc(F)ccc2F)cc(-n2cnc3cc(-c4cnn(C)c4)ccc32)c1. The zero-order valence-electron chi connectivity index (χ0n) is 17.9. The number of anilines is 1. The third-order valence-corrected chi connectivity index (χ3v) is 5.34. The molecule has 2 heterocycles. The summed E-state index contributed by atoms with van der Waals surface area (Å²) in [7, 11) is 1.86. The van der Waals surface area contributed by atoms with E-state index in [9.17, 15) is 13.6 Å². The van der Waals surface area contributed by atoms with Crippen molar-refractivity contribution in [1.82, 2.24) is 19.3 Å². The monoisotopic (exact) mass is 443 g/mol. The van der Waals surface area contributed by atoms with Gasteiger partial charge >= 0.3 is 0 Å². The van der Waals surface area contributed by atoms with E-state index in [0.717, 1.165) is 40.4 Å². The number of imidazole rings is 1. The molecule has 8 heteroatoms. The molecule has 5 aromatic rings. The lowest BCUT2D eigenvalue weighted by atomic mass is 10.0. The molecule has 1 N–H and O–H groups in total. The molecule has 0 aliphatic rings. The summed E-state index contributed by atoms with van der Waals surface area (Å²) in [5, 5.41) is 6.94. The quantitative estimate of drug-likeness (QED) is 0.408. The first-order valence-corrected chi connectivity index (χ1v) is 10.2. The minimum atomic E-state index is -0.557. The maximum atomic E-state index is 14.5. The number of nitrogens with one attached hydrogen (secondary N) is 1. The molecule has 3 aromatic carbocycles. The van der Waals surface area contributed by atoms with Crippen molar-refractivity contribution in [3.05, 3.63) is 85.0 Å². The first-order valence-electron chi connectivity index (χ1n) is 10.2. The highest BCUT2D eigenvalue weighted by molar-refractivity contribution is 5.91. The molecule has 0 radical (unpaired) electrons. The number of benzene rings is 3. The van der Waals surface area contributed by atoms with Gasteiger partial charge in [-0.05, 0) is 59.7 Å². The second-order valence-electron chi connectivity index (χ2n) is 7.79. The van der Waals surface area contributed by atoms with Crippen LogP contribution in [0.15, 0.2) is 73.3 Å². The van der Waals surface area contributed by atoms with Gasteiger partial charge in [-0.1, -0.05) is 6.07 Å². The summed E-state index contributed by atoms with van der Waals surface area (Å²) in [6.07, 6.45) is 5.38. The average Bonchev–Trinajstić information content (AvgIpc) is 3.40. The Bertz CT molecular complexity index is 1520. The largest absolute Gasteiger partial charge is 0.326 e. The van der Waals surface area contributed by atoms with Crippen molar-refractivity contribution < 1.29 is 13.6 Å². The molecule has 33 heavy (non-hydrogen) atoms. The van der Waals surface area contributed by atoms with E-state index >= 15 is 0 Å². The lowest BCUT2D eigenvalue weighted by Crippen LogP contribution is -2.07. The number of rotatable bonds is 4. The van der Waals surface area contributed by atoms with E-state index in [1.54, 1.807) is 35.4 Å². The van der Waals surface area contributed by atoms with Gasteiger partial charge < -0.3 is 5.32 Å². The van der Waals surface area contributed by atoms with E-state index in [2.05, 4.69) is 15.4 Å². The molecule has 5 rings (SSSR count). The molecular formula is C25H19F2N5O. The van der Waals surface area contributed by atoms with E-state index in [1.165, 1.54) is 6.92 Å². The van der Waals surface area contributed by atoms with E-state index < -0.39 is 11.6 Å². The third-order valence-electron chi connectivity index (χ3n) is 5.34. The van der Waals surface area contributed by atoms with Crippen LogP contribution in [0.3, 0.4) is 0 Å². The predicted molar refractivity (Wildman–Crippen MR) is 123 cm³/mol. The summed E-state index contributed by atoms with van der Waals surface area (Å²) >= 11 is 0. The zero-order chi connectivity index (χ0) is 23.1. The van der Waals surface area contributed by atoms with Gasteiger partial charge in [-0.3, -0.25) is 14.0 Å². The number of hydrogen-bond donors (Lipinski definition) is 1.